The Morgan fingerprint density at radius 1 is 1.24 bits per heavy atom. The topological polar surface area (TPSA) is 118 Å². The highest BCUT2D eigenvalue weighted by Gasteiger charge is 2.32. The van der Waals surface area contributed by atoms with E-state index in [0.717, 1.165) is 0 Å². The van der Waals surface area contributed by atoms with Gasteiger partial charge in [0.2, 0.25) is 0 Å². The van der Waals surface area contributed by atoms with Gasteiger partial charge in [-0.3, -0.25) is 9.35 Å². The standard InChI is InChI=1S/C13H22O7S/c1-10(2)11(14)20-8-4-6-13(3,12(15)16)7-5-9-21(17,18)19/h1,4-9H2,2-3H3,(H,15,16)(H,17,18,19). The molecule has 0 aliphatic carbocycles. The zero-order chi connectivity index (χ0) is 16.7. The molecule has 0 aromatic rings. The lowest BCUT2D eigenvalue weighted by atomic mass is 9.81. The van der Waals surface area contributed by atoms with E-state index in [1.165, 1.54) is 13.8 Å². The van der Waals surface area contributed by atoms with Gasteiger partial charge in [0.05, 0.1) is 17.8 Å². The van der Waals surface area contributed by atoms with E-state index in [9.17, 15) is 23.1 Å². The summed E-state index contributed by atoms with van der Waals surface area (Å²) in [4.78, 5) is 22.4. The van der Waals surface area contributed by atoms with Gasteiger partial charge in [-0.05, 0) is 39.5 Å². The van der Waals surface area contributed by atoms with Gasteiger partial charge in [0.1, 0.15) is 0 Å². The molecule has 0 rings (SSSR count). The molecule has 0 aromatic heterocycles. The van der Waals surface area contributed by atoms with Gasteiger partial charge in [-0.15, -0.1) is 0 Å². The summed E-state index contributed by atoms with van der Waals surface area (Å²) < 4.78 is 34.8. The number of carboxylic acids is 1. The molecule has 0 aromatic carbocycles. The summed E-state index contributed by atoms with van der Waals surface area (Å²) in [6.45, 7) is 6.51. The van der Waals surface area contributed by atoms with Crippen molar-refractivity contribution in [2.45, 2.75) is 39.5 Å². The highest BCUT2D eigenvalue weighted by molar-refractivity contribution is 7.85. The van der Waals surface area contributed by atoms with E-state index in [1.807, 2.05) is 0 Å². The van der Waals surface area contributed by atoms with E-state index >= 15 is 0 Å². The van der Waals surface area contributed by atoms with Crippen LogP contribution in [0.25, 0.3) is 0 Å². The smallest absolute Gasteiger partial charge is 0.333 e. The van der Waals surface area contributed by atoms with E-state index in [4.69, 9.17) is 9.29 Å². The molecule has 0 fully saturated rings. The Kier molecular flexibility index (Phi) is 7.59. The molecule has 7 nitrogen and oxygen atoms in total. The number of rotatable bonds is 10. The van der Waals surface area contributed by atoms with Crippen LogP contribution in [-0.2, 0) is 24.4 Å². The second kappa shape index (κ2) is 8.14. The van der Waals surface area contributed by atoms with Gasteiger partial charge in [0.25, 0.3) is 10.1 Å². The van der Waals surface area contributed by atoms with Gasteiger partial charge in [-0.2, -0.15) is 8.42 Å². The van der Waals surface area contributed by atoms with E-state index in [-0.39, 0.29) is 31.4 Å². The minimum absolute atomic E-state index is 0.0488. The normalized spacial score (nSPS) is 14.2. The molecular formula is C13H22O7S. The highest BCUT2D eigenvalue weighted by Crippen LogP contribution is 2.29. The number of carbonyl (C=O) groups excluding carboxylic acids is 1. The first kappa shape index (κ1) is 19.6. The molecule has 0 aliphatic rings. The number of hydrogen-bond acceptors (Lipinski definition) is 5. The molecule has 0 saturated carbocycles. The van der Waals surface area contributed by atoms with Crippen molar-refractivity contribution in [1.29, 1.82) is 0 Å². The number of carbonyl (C=O) groups is 2. The fraction of sp³-hybridized carbons (Fsp3) is 0.692. The van der Waals surface area contributed by atoms with Crippen LogP contribution in [0, 0.1) is 5.41 Å². The van der Waals surface area contributed by atoms with E-state index in [0.29, 0.717) is 6.42 Å². The molecule has 0 bridgehead atoms. The first-order valence-corrected chi connectivity index (χ1v) is 8.10. The quantitative estimate of drug-likeness (QED) is 0.272. The zero-order valence-corrected chi connectivity index (χ0v) is 13.1. The summed E-state index contributed by atoms with van der Waals surface area (Å²) in [5.41, 5.74) is -0.857. The van der Waals surface area contributed by atoms with Crippen LogP contribution in [0.5, 0.6) is 0 Å². The molecule has 8 heteroatoms. The summed E-state index contributed by atoms with van der Waals surface area (Å²) in [5.74, 6) is -2.05. The van der Waals surface area contributed by atoms with Crippen molar-refractivity contribution in [2.75, 3.05) is 12.4 Å². The maximum Gasteiger partial charge on any atom is 0.333 e. The molecule has 0 radical (unpaired) electrons. The predicted molar refractivity (Wildman–Crippen MR) is 76.4 cm³/mol. The first-order valence-electron chi connectivity index (χ1n) is 6.49. The van der Waals surface area contributed by atoms with Crippen molar-refractivity contribution in [2.24, 2.45) is 5.41 Å². The summed E-state index contributed by atoms with van der Waals surface area (Å²) in [6, 6.07) is 0. The SMILES string of the molecule is C=C(C)C(=O)OCCCC(C)(CCCS(=O)(=O)O)C(=O)O. The van der Waals surface area contributed by atoms with Gasteiger partial charge in [-0.1, -0.05) is 6.58 Å². The third-order valence-corrected chi connectivity index (χ3v) is 3.91. The van der Waals surface area contributed by atoms with Crippen molar-refractivity contribution < 1.29 is 32.4 Å². The average molecular weight is 322 g/mol. The van der Waals surface area contributed by atoms with Crippen LogP contribution in [0.1, 0.15) is 39.5 Å². The fourth-order valence-corrected chi connectivity index (χ4v) is 2.24. The van der Waals surface area contributed by atoms with Gasteiger partial charge in [-0.25, -0.2) is 4.79 Å². The lowest BCUT2D eigenvalue weighted by Gasteiger charge is -2.24. The maximum atomic E-state index is 11.3. The molecule has 1 atom stereocenters. The Labute approximate surface area is 124 Å². The monoisotopic (exact) mass is 322 g/mol. The summed E-state index contributed by atoms with van der Waals surface area (Å²) in [5, 5.41) is 9.22. The molecule has 2 N–H and O–H groups in total. The second-order valence-electron chi connectivity index (χ2n) is 5.28. The predicted octanol–water partition coefficient (Wildman–Crippen LogP) is 1.64. The molecule has 1 unspecified atom stereocenters. The maximum absolute atomic E-state index is 11.3. The fourth-order valence-electron chi connectivity index (χ4n) is 1.73. The van der Waals surface area contributed by atoms with Crippen molar-refractivity contribution in [3.8, 4) is 0 Å². The van der Waals surface area contributed by atoms with Crippen molar-refractivity contribution in [1.82, 2.24) is 0 Å². The summed E-state index contributed by atoms with van der Waals surface area (Å²) >= 11 is 0. The zero-order valence-electron chi connectivity index (χ0n) is 12.3. The number of ether oxygens (including phenoxy) is 1. The molecule has 0 saturated heterocycles. The highest BCUT2D eigenvalue weighted by atomic mass is 32.2. The van der Waals surface area contributed by atoms with Crippen LogP contribution in [-0.4, -0.2) is 42.4 Å². The van der Waals surface area contributed by atoms with Crippen molar-refractivity contribution in [3.05, 3.63) is 12.2 Å². The number of hydrogen-bond donors (Lipinski definition) is 2. The Balaban J connectivity index is 4.31. The molecular weight excluding hydrogens is 300 g/mol. The number of carboxylic acid groups (broad SMARTS) is 1. The van der Waals surface area contributed by atoms with Crippen LogP contribution < -0.4 is 0 Å². The van der Waals surface area contributed by atoms with Crippen molar-refractivity contribution >= 4 is 22.1 Å². The molecule has 122 valence electrons. The van der Waals surface area contributed by atoms with Crippen molar-refractivity contribution in [3.63, 3.8) is 0 Å². The second-order valence-corrected chi connectivity index (χ2v) is 6.85. The Bertz CT molecular complexity index is 495. The number of aliphatic carboxylic acids is 1. The molecule has 21 heavy (non-hydrogen) atoms. The Hall–Kier alpha value is -1.41. The minimum Gasteiger partial charge on any atom is -0.481 e. The third-order valence-electron chi connectivity index (χ3n) is 3.10. The van der Waals surface area contributed by atoms with Crippen LogP contribution >= 0.6 is 0 Å². The molecule has 0 spiro atoms. The van der Waals surface area contributed by atoms with E-state index in [1.54, 1.807) is 0 Å². The van der Waals surface area contributed by atoms with Gasteiger partial charge >= 0.3 is 11.9 Å². The van der Waals surface area contributed by atoms with Crippen LogP contribution in [0.2, 0.25) is 0 Å². The van der Waals surface area contributed by atoms with Gasteiger partial charge in [0, 0.05) is 5.57 Å². The Morgan fingerprint density at radius 3 is 2.19 bits per heavy atom. The first-order chi connectivity index (χ1) is 9.48. The average Bonchev–Trinajstić information content (AvgIpc) is 2.32. The summed E-state index contributed by atoms with van der Waals surface area (Å²) in [6.07, 6.45) is 0.731. The van der Waals surface area contributed by atoms with E-state index < -0.39 is 33.2 Å². The lowest BCUT2D eigenvalue weighted by molar-refractivity contribution is -0.149. The van der Waals surface area contributed by atoms with Gasteiger partial charge < -0.3 is 9.84 Å². The van der Waals surface area contributed by atoms with Gasteiger partial charge in [0.15, 0.2) is 0 Å². The number of esters is 1. The van der Waals surface area contributed by atoms with Crippen LogP contribution in [0.15, 0.2) is 12.2 Å². The lowest BCUT2D eigenvalue weighted by Crippen LogP contribution is -2.29. The van der Waals surface area contributed by atoms with E-state index in [2.05, 4.69) is 6.58 Å². The molecule has 0 aliphatic heterocycles. The summed E-state index contributed by atoms with van der Waals surface area (Å²) in [7, 11) is -4.09. The molecule has 0 heterocycles. The molecule has 0 amide bonds. The largest absolute Gasteiger partial charge is 0.481 e. The van der Waals surface area contributed by atoms with Crippen LogP contribution in [0.3, 0.4) is 0 Å². The third kappa shape index (κ3) is 8.46. The minimum atomic E-state index is -4.09. The Morgan fingerprint density at radius 2 is 1.76 bits per heavy atom. The van der Waals surface area contributed by atoms with Crippen LogP contribution in [0.4, 0.5) is 0 Å².